The number of nitrogens with zero attached hydrogens (tertiary/aromatic N) is 1. The number of hydrogen-bond acceptors (Lipinski definition) is 6. The number of ether oxygens (including phenoxy) is 2. The first-order valence-corrected chi connectivity index (χ1v) is 13.9. The van der Waals surface area contributed by atoms with Crippen LogP contribution in [0.5, 0.6) is 0 Å². The van der Waals surface area contributed by atoms with Crippen molar-refractivity contribution in [2.45, 2.75) is 44.7 Å². The third kappa shape index (κ3) is 5.71. The van der Waals surface area contributed by atoms with Gasteiger partial charge in [0.15, 0.2) is 5.69 Å². The number of pyridine rings is 1. The molecule has 1 heterocycles. The first-order valence-electron chi connectivity index (χ1n) is 8.89. The minimum absolute atomic E-state index is 0.204. The Balaban J connectivity index is 4.32. The zero-order chi connectivity index (χ0) is 23.4. The maximum absolute atomic E-state index is 13.8. The predicted octanol–water partition coefficient (Wildman–Crippen LogP) is 5.33. The Morgan fingerprint density at radius 3 is 2.07 bits per heavy atom. The highest BCUT2D eigenvalue weighted by atomic mass is 32.2. The van der Waals surface area contributed by atoms with Gasteiger partial charge in [-0.25, -0.2) is 23.4 Å². The molecule has 0 radical (unpaired) electrons. The van der Waals surface area contributed by atoms with Crippen molar-refractivity contribution < 1.29 is 41.0 Å². The molecule has 0 N–H and O–H groups in total. The number of methoxy groups -OCH3 is 1. The van der Waals surface area contributed by atoms with Crippen LogP contribution in [0.1, 0.15) is 56.6 Å². The molecule has 1 atom stereocenters. The van der Waals surface area contributed by atoms with Crippen molar-refractivity contribution in [3.8, 4) is 0 Å². The van der Waals surface area contributed by atoms with Crippen LogP contribution >= 0.6 is 11.8 Å². The Labute approximate surface area is 176 Å². The minimum atomic E-state index is -5.22. The molecule has 170 valence electrons. The predicted molar refractivity (Wildman–Crippen MR) is 106 cm³/mol. The van der Waals surface area contributed by atoms with Gasteiger partial charge in [0.05, 0.1) is 32.9 Å². The van der Waals surface area contributed by atoms with E-state index in [4.69, 9.17) is 4.74 Å². The molecule has 1 unspecified atom stereocenters. The summed E-state index contributed by atoms with van der Waals surface area (Å²) in [7, 11) is -1.54. The molecule has 5 nitrogen and oxygen atoms in total. The van der Waals surface area contributed by atoms with Gasteiger partial charge in [0, 0.05) is 0 Å². The number of thioether (sulfide) groups is 1. The third-order valence-electron chi connectivity index (χ3n) is 4.34. The van der Waals surface area contributed by atoms with Crippen molar-refractivity contribution in [3.63, 3.8) is 0 Å². The molecule has 0 spiro atoms. The number of alkyl halides is 5. The number of rotatable bonds is 8. The number of carbonyl (C=O) groups excluding carboxylic acids is 2. The number of halogens is 5. The fraction of sp³-hybridized carbons (Fsp3) is 0.611. The topological polar surface area (TPSA) is 65.5 Å². The monoisotopic (exact) mass is 473 g/mol. The summed E-state index contributed by atoms with van der Waals surface area (Å²) in [5.74, 6) is -2.45. The maximum atomic E-state index is 13.8. The Morgan fingerprint density at radius 1 is 1.13 bits per heavy atom. The standard InChI is InChI=1S/C18H24F5NO4SSi/c1-7-28-17(26)12-10(9(8-29-3)30(4,5)6)11(16(25)27-2)13(15(19)20)24-14(12)18(21,22)23/h9,15H,7-8H2,1-6H3. The summed E-state index contributed by atoms with van der Waals surface area (Å²) >= 11 is 1.26. The molecule has 0 saturated carbocycles. The number of carbonyl (C=O) groups is 2. The van der Waals surface area contributed by atoms with Crippen LogP contribution in [0.15, 0.2) is 0 Å². The Morgan fingerprint density at radius 2 is 1.70 bits per heavy atom. The molecule has 1 aromatic rings. The summed E-state index contributed by atoms with van der Waals surface area (Å²) < 4.78 is 78.3. The molecule has 0 saturated heterocycles. The van der Waals surface area contributed by atoms with E-state index in [1.807, 2.05) is 0 Å². The lowest BCUT2D eigenvalue weighted by atomic mass is 9.94. The van der Waals surface area contributed by atoms with E-state index in [0.717, 1.165) is 7.11 Å². The third-order valence-corrected chi connectivity index (χ3v) is 7.88. The van der Waals surface area contributed by atoms with Crippen LogP contribution in [0, 0.1) is 0 Å². The van der Waals surface area contributed by atoms with Crippen molar-refractivity contribution in [2.24, 2.45) is 0 Å². The molecule has 0 fully saturated rings. The lowest BCUT2D eigenvalue weighted by Crippen LogP contribution is -2.37. The van der Waals surface area contributed by atoms with Gasteiger partial charge >= 0.3 is 18.1 Å². The van der Waals surface area contributed by atoms with E-state index in [2.05, 4.69) is 9.72 Å². The van der Waals surface area contributed by atoms with Crippen LogP contribution in [0.2, 0.25) is 19.6 Å². The van der Waals surface area contributed by atoms with E-state index < -0.39 is 66.2 Å². The summed E-state index contributed by atoms with van der Waals surface area (Å²) in [6, 6.07) is 0. The van der Waals surface area contributed by atoms with Crippen LogP contribution < -0.4 is 0 Å². The summed E-state index contributed by atoms with van der Waals surface area (Å²) in [6.07, 6.45) is -7.03. The maximum Gasteiger partial charge on any atom is 0.434 e. The lowest BCUT2D eigenvalue weighted by molar-refractivity contribution is -0.142. The van der Waals surface area contributed by atoms with Gasteiger partial charge in [-0.1, -0.05) is 19.6 Å². The average molecular weight is 474 g/mol. The molecule has 30 heavy (non-hydrogen) atoms. The number of esters is 2. The van der Waals surface area contributed by atoms with Gasteiger partial charge in [-0.2, -0.15) is 24.9 Å². The van der Waals surface area contributed by atoms with Crippen molar-refractivity contribution in [1.29, 1.82) is 0 Å². The first-order chi connectivity index (χ1) is 13.7. The number of aromatic nitrogens is 1. The normalized spacial score (nSPS) is 13.3. The van der Waals surface area contributed by atoms with Crippen LogP contribution in [-0.2, 0) is 15.7 Å². The quantitative estimate of drug-likeness (QED) is 0.289. The Kier molecular flexibility index (Phi) is 8.85. The van der Waals surface area contributed by atoms with E-state index in [-0.39, 0.29) is 12.4 Å². The number of hydrogen-bond donors (Lipinski definition) is 0. The highest BCUT2D eigenvalue weighted by molar-refractivity contribution is 7.98. The van der Waals surface area contributed by atoms with Gasteiger partial charge in [0.25, 0.3) is 6.43 Å². The molecule has 12 heteroatoms. The molecule has 0 amide bonds. The van der Waals surface area contributed by atoms with Crippen molar-refractivity contribution in [3.05, 3.63) is 28.1 Å². The summed E-state index contributed by atoms with van der Waals surface area (Å²) in [5, 5.41) is 0. The molecule has 0 aromatic carbocycles. The van der Waals surface area contributed by atoms with Gasteiger partial charge in [0.2, 0.25) is 0 Å². The van der Waals surface area contributed by atoms with Crippen LogP contribution in [0.4, 0.5) is 22.0 Å². The highest BCUT2D eigenvalue weighted by Gasteiger charge is 2.46. The van der Waals surface area contributed by atoms with E-state index in [9.17, 15) is 31.5 Å². The summed E-state index contributed by atoms with van der Waals surface area (Å²) in [6.45, 7) is 6.56. The smallest absolute Gasteiger partial charge is 0.434 e. The van der Waals surface area contributed by atoms with Crippen LogP contribution in [0.25, 0.3) is 0 Å². The summed E-state index contributed by atoms with van der Waals surface area (Å²) in [4.78, 5) is 28.1. The average Bonchev–Trinajstić information content (AvgIpc) is 2.62. The molecule has 0 aliphatic rings. The molecule has 0 aliphatic heterocycles. The molecular weight excluding hydrogens is 449 g/mol. The fourth-order valence-corrected chi connectivity index (χ4v) is 7.15. The van der Waals surface area contributed by atoms with Crippen LogP contribution in [0.3, 0.4) is 0 Å². The SMILES string of the molecule is CCOC(=O)c1c(C(F)(F)F)nc(C(F)F)c(C(=O)OC)c1C(CSC)[Si](C)(C)C. The Bertz CT molecular complexity index is 796. The molecular formula is C18H24F5NO4SSi. The zero-order valence-electron chi connectivity index (χ0n) is 17.4. The van der Waals surface area contributed by atoms with Gasteiger partial charge in [-0.15, -0.1) is 0 Å². The molecule has 1 rings (SSSR count). The van der Waals surface area contributed by atoms with Crippen molar-refractivity contribution in [2.75, 3.05) is 25.7 Å². The highest BCUT2D eigenvalue weighted by Crippen LogP contribution is 2.43. The minimum Gasteiger partial charge on any atom is -0.465 e. The van der Waals surface area contributed by atoms with Gasteiger partial charge in [0.1, 0.15) is 5.69 Å². The van der Waals surface area contributed by atoms with Crippen LogP contribution in [-0.4, -0.2) is 50.7 Å². The van der Waals surface area contributed by atoms with Gasteiger partial charge in [-0.05, 0) is 30.0 Å². The second-order valence-corrected chi connectivity index (χ2v) is 13.7. The van der Waals surface area contributed by atoms with Crippen molar-refractivity contribution in [1.82, 2.24) is 4.98 Å². The first kappa shape index (κ1) is 26.3. The van der Waals surface area contributed by atoms with E-state index in [1.54, 1.807) is 25.9 Å². The largest absolute Gasteiger partial charge is 0.465 e. The van der Waals surface area contributed by atoms with Crippen molar-refractivity contribution >= 4 is 31.8 Å². The Hall–Kier alpha value is -1.69. The summed E-state index contributed by atoms with van der Waals surface area (Å²) in [5.41, 5.74) is -6.14. The second kappa shape index (κ2) is 10.1. The fourth-order valence-electron chi connectivity index (χ4n) is 2.99. The molecule has 0 bridgehead atoms. The van der Waals surface area contributed by atoms with E-state index in [1.165, 1.54) is 18.7 Å². The lowest BCUT2D eigenvalue weighted by Gasteiger charge is -2.33. The molecule has 1 aromatic heterocycles. The van der Waals surface area contributed by atoms with Gasteiger partial charge in [-0.3, -0.25) is 0 Å². The van der Waals surface area contributed by atoms with E-state index in [0.29, 0.717) is 0 Å². The molecule has 0 aliphatic carbocycles. The van der Waals surface area contributed by atoms with Gasteiger partial charge < -0.3 is 9.47 Å². The zero-order valence-corrected chi connectivity index (χ0v) is 19.3. The second-order valence-electron chi connectivity index (χ2n) is 7.39. The van der Waals surface area contributed by atoms with E-state index >= 15 is 0 Å².